The van der Waals surface area contributed by atoms with Crippen molar-refractivity contribution in [3.63, 3.8) is 0 Å². The second-order valence-corrected chi connectivity index (χ2v) is 9.41. The van der Waals surface area contributed by atoms with Gasteiger partial charge in [-0.2, -0.15) is 5.01 Å². The predicted molar refractivity (Wildman–Crippen MR) is 131 cm³/mol. The summed E-state index contributed by atoms with van der Waals surface area (Å²) in [5.74, 6) is -0.126. The lowest BCUT2D eigenvalue weighted by Gasteiger charge is -2.26. The van der Waals surface area contributed by atoms with Crippen molar-refractivity contribution in [3.8, 4) is 11.3 Å². The van der Waals surface area contributed by atoms with Crippen LogP contribution in [0.2, 0.25) is 0 Å². The van der Waals surface area contributed by atoms with Gasteiger partial charge in [-0.1, -0.05) is 17.8 Å². The zero-order valence-corrected chi connectivity index (χ0v) is 19.9. The maximum Gasteiger partial charge on any atom is 0.285 e. The van der Waals surface area contributed by atoms with Gasteiger partial charge in [-0.25, -0.2) is 0 Å². The third-order valence-corrected chi connectivity index (χ3v) is 6.61. The maximum atomic E-state index is 12.8. The zero-order chi connectivity index (χ0) is 24.2. The van der Waals surface area contributed by atoms with E-state index in [2.05, 4.69) is 10.3 Å². The first-order chi connectivity index (χ1) is 16.3. The molecule has 1 aromatic carbocycles. The van der Waals surface area contributed by atoms with E-state index in [1.54, 1.807) is 31.2 Å². The van der Waals surface area contributed by atoms with Crippen molar-refractivity contribution in [2.45, 2.75) is 13.3 Å². The van der Waals surface area contributed by atoms with Crippen LogP contribution in [-0.2, 0) is 14.3 Å². The number of aryl methyl sites for hydroxylation is 1. The standard InChI is InChI=1S/C22H22N4O6S2/c1-14-2-4-16(17(12-14)26(29)30)18-5-3-15(32-18)13-19-21(28)25(22(33)34-19)23-20(27)6-7-24-8-10-31-11-9-24/h2-5,12-13H,6-11H2,1H3,(H,23,27)/b19-13+. The fourth-order valence-corrected chi connectivity index (χ4v) is 4.69. The number of amides is 2. The summed E-state index contributed by atoms with van der Waals surface area (Å²) in [5.41, 5.74) is 3.61. The van der Waals surface area contributed by atoms with Crippen LogP contribution in [0.1, 0.15) is 17.7 Å². The number of hydrogen-bond acceptors (Lipinski definition) is 9. The first-order valence-corrected chi connectivity index (χ1v) is 11.8. The Hall–Kier alpha value is -3.06. The number of morpholine rings is 1. The van der Waals surface area contributed by atoms with E-state index < -0.39 is 10.8 Å². The maximum absolute atomic E-state index is 12.8. The molecule has 4 rings (SSSR count). The summed E-state index contributed by atoms with van der Waals surface area (Å²) in [5, 5.41) is 12.5. The molecule has 1 aromatic heterocycles. The lowest BCUT2D eigenvalue weighted by Crippen LogP contribution is -2.46. The minimum absolute atomic E-state index is 0.0629. The van der Waals surface area contributed by atoms with Gasteiger partial charge >= 0.3 is 0 Å². The molecule has 34 heavy (non-hydrogen) atoms. The molecule has 2 amide bonds. The second kappa shape index (κ2) is 10.5. The van der Waals surface area contributed by atoms with Crippen LogP contribution in [0.3, 0.4) is 0 Å². The Morgan fingerprint density at radius 2 is 2.06 bits per heavy atom. The van der Waals surface area contributed by atoms with Crippen molar-refractivity contribution in [2.24, 2.45) is 0 Å². The van der Waals surface area contributed by atoms with Crippen LogP contribution >= 0.6 is 24.0 Å². The molecule has 10 nitrogen and oxygen atoms in total. The summed E-state index contributed by atoms with van der Waals surface area (Å²) in [7, 11) is 0. The third kappa shape index (κ3) is 5.53. The molecule has 0 aliphatic carbocycles. The Morgan fingerprint density at radius 3 is 2.79 bits per heavy atom. The number of thioether (sulfide) groups is 1. The van der Waals surface area contributed by atoms with Crippen molar-refractivity contribution in [2.75, 3.05) is 32.8 Å². The van der Waals surface area contributed by atoms with Crippen molar-refractivity contribution in [1.82, 2.24) is 15.3 Å². The average Bonchev–Trinajstić information content (AvgIpc) is 3.38. The van der Waals surface area contributed by atoms with Gasteiger partial charge in [0.1, 0.15) is 11.5 Å². The highest BCUT2D eigenvalue weighted by Crippen LogP contribution is 2.35. The van der Waals surface area contributed by atoms with Gasteiger partial charge in [0.05, 0.1) is 28.6 Å². The summed E-state index contributed by atoms with van der Waals surface area (Å²) >= 11 is 6.30. The van der Waals surface area contributed by atoms with E-state index in [1.165, 1.54) is 12.1 Å². The predicted octanol–water partition coefficient (Wildman–Crippen LogP) is 3.12. The highest BCUT2D eigenvalue weighted by Gasteiger charge is 2.34. The fourth-order valence-electron chi connectivity index (χ4n) is 3.53. The second-order valence-electron chi connectivity index (χ2n) is 7.74. The number of nitro benzene ring substituents is 1. The number of benzene rings is 1. The van der Waals surface area contributed by atoms with E-state index >= 15 is 0 Å². The summed E-state index contributed by atoms with van der Waals surface area (Å²) in [6, 6.07) is 8.09. The van der Waals surface area contributed by atoms with E-state index in [0.29, 0.717) is 36.8 Å². The Bertz CT molecular complexity index is 1170. The number of thiocarbonyl (C=S) groups is 1. The van der Waals surface area contributed by atoms with Gasteiger partial charge in [-0.15, -0.1) is 0 Å². The molecule has 0 bridgehead atoms. The number of nitro groups is 1. The number of carbonyl (C=O) groups excluding carboxylic acids is 2. The minimum atomic E-state index is -0.464. The number of carbonyl (C=O) groups is 2. The van der Waals surface area contributed by atoms with Crippen molar-refractivity contribution in [1.29, 1.82) is 0 Å². The van der Waals surface area contributed by atoms with Crippen LogP contribution in [0.4, 0.5) is 5.69 Å². The van der Waals surface area contributed by atoms with Gasteiger partial charge in [-0.05, 0) is 42.9 Å². The Balaban J connectivity index is 1.42. The van der Waals surface area contributed by atoms with Gasteiger partial charge in [0.2, 0.25) is 5.91 Å². The van der Waals surface area contributed by atoms with Gasteiger partial charge in [0.15, 0.2) is 4.32 Å². The third-order valence-electron chi connectivity index (χ3n) is 5.30. The number of hydrogen-bond donors (Lipinski definition) is 1. The van der Waals surface area contributed by atoms with E-state index in [1.807, 2.05) is 0 Å². The van der Waals surface area contributed by atoms with Crippen molar-refractivity contribution in [3.05, 3.63) is 56.7 Å². The highest BCUT2D eigenvalue weighted by molar-refractivity contribution is 8.26. The van der Waals surface area contributed by atoms with Gasteiger partial charge in [-0.3, -0.25) is 30.0 Å². The number of ether oxygens (including phenoxy) is 1. The van der Waals surface area contributed by atoms with Crippen molar-refractivity contribution >= 4 is 51.9 Å². The molecule has 0 spiro atoms. The van der Waals surface area contributed by atoms with Gasteiger partial charge < -0.3 is 9.15 Å². The normalized spacial score (nSPS) is 18.0. The molecule has 0 unspecified atom stereocenters. The lowest BCUT2D eigenvalue weighted by atomic mass is 10.1. The molecular formula is C22H22N4O6S2. The van der Waals surface area contributed by atoms with Crippen molar-refractivity contribution < 1.29 is 23.7 Å². The Kier molecular flexibility index (Phi) is 7.41. The molecule has 3 heterocycles. The quantitative estimate of drug-likeness (QED) is 0.264. The molecule has 12 heteroatoms. The SMILES string of the molecule is Cc1ccc(-c2ccc(/C=C3/SC(=S)N(NC(=O)CCN4CCOCC4)C3=O)o2)c([N+](=O)[O-])c1. The number of nitrogens with zero attached hydrogens (tertiary/aromatic N) is 3. The monoisotopic (exact) mass is 502 g/mol. The molecule has 0 radical (unpaired) electrons. The minimum Gasteiger partial charge on any atom is -0.456 e. The zero-order valence-electron chi connectivity index (χ0n) is 18.3. The summed E-state index contributed by atoms with van der Waals surface area (Å²) < 4.78 is 11.3. The summed E-state index contributed by atoms with van der Waals surface area (Å²) in [4.78, 5) is 38.5. The average molecular weight is 503 g/mol. The fraction of sp³-hybridized carbons (Fsp3) is 0.318. The first-order valence-electron chi connectivity index (χ1n) is 10.5. The Morgan fingerprint density at radius 1 is 1.29 bits per heavy atom. The van der Waals surface area contributed by atoms with E-state index in [9.17, 15) is 19.7 Å². The van der Waals surface area contributed by atoms with Gasteiger partial charge in [0.25, 0.3) is 11.6 Å². The highest BCUT2D eigenvalue weighted by atomic mass is 32.2. The van der Waals surface area contributed by atoms with Crippen LogP contribution in [0, 0.1) is 17.0 Å². The molecule has 2 saturated heterocycles. The van der Waals surface area contributed by atoms with Crippen LogP contribution < -0.4 is 5.43 Å². The van der Waals surface area contributed by atoms with E-state index in [-0.39, 0.29) is 27.2 Å². The van der Waals surface area contributed by atoms with Crippen LogP contribution in [0.15, 0.2) is 39.7 Å². The topological polar surface area (TPSA) is 118 Å². The number of nitrogens with one attached hydrogen (secondary N) is 1. The van der Waals surface area contributed by atoms with E-state index in [4.69, 9.17) is 21.4 Å². The molecule has 178 valence electrons. The number of rotatable bonds is 7. The number of hydrazine groups is 1. The van der Waals surface area contributed by atoms with Crippen LogP contribution in [0.5, 0.6) is 0 Å². The molecule has 2 fully saturated rings. The first kappa shape index (κ1) is 24.1. The summed E-state index contributed by atoms with van der Waals surface area (Å²) in [6.45, 7) is 5.18. The molecule has 0 atom stereocenters. The van der Waals surface area contributed by atoms with Gasteiger partial charge in [0, 0.05) is 38.2 Å². The molecule has 2 aliphatic rings. The van der Waals surface area contributed by atoms with E-state index in [0.717, 1.165) is 35.4 Å². The van der Waals surface area contributed by atoms with Crippen LogP contribution in [-0.4, -0.2) is 63.8 Å². The molecule has 2 aromatic rings. The molecular weight excluding hydrogens is 480 g/mol. The molecule has 2 aliphatic heterocycles. The largest absolute Gasteiger partial charge is 0.456 e. The van der Waals surface area contributed by atoms with Crippen LogP contribution in [0.25, 0.3) is 17.4 Å². The lowest BCUT2D eigenvalue weighted by molar-refractivity contribution is -0.384. The molecule has 1 N–H and O–H groups in total. The number of furan rings is 1. The smallest absolute Gasteiger partial charge is 0.285 e. The Labute approximate surface area is 205 Å². The molecule has 0 saturated carbocycles. The summed E-state index contributed by atoms with van der Waals surface area (Å²) in [6.07, 6.45) is 1.73.